The van der Waals surface area contributed by atoms with Crippen LogP contribution in [-0.2, 0) is 9.53 Å². The van der Waals surface area contributed by atoms with Crippen LogP contribution in [-0.4, -0.2) is 30.3 Å². The molecule has 0 amide bonds. The quantitative estimate of drug-likeness (QED) is 0.813. The number of hydrogen-bond acceptors (Lipinski definition) is 4. The highest BCUT2D eigenvalue weighted by Gasteiger charge is 2.48. The van der Waals surface area contributed by atoms with Crippen LogP contribution in [0, 0.1) is 11.7 Å². The Morgan fingerprint density at radius 1 is 1.58 bits per heavy atom. The molecule has 1 aromatic carbocycles. The van der Waals surface area contributed by atoms with E-state index >= 15 is 0 Å². The molecule has 0 radical (unpaired) electrons. The molecule has 0 aromatic heterocycles. The van der Waals surface area contributed by atoms with Crippen LogP contribution < -0.4 is 5.32 Å². The van der Waals surface area contributed by atoms with Crippen molar-refractivity contribution in [3.8, 4) is 0 Å². The van der Waals surface area contributed by atoms with E-state index in [1.54, 1.807) is 25.1 Å². The van der Waals surface area contributed by atoms with Gasteiger partial charge in [0.25, 0.3) is 0 Å². The summed E-state index contributed by atoms with van der Waals surface area (Å²) in [7, 11) is 1.32. The average Bonchev–Trinajstić information content (AvgIpc) is 2.77. The molecule has 19 heavy (non-hydrogen) atoms. The molecule has 5 heteroatoms. The molecule has 0 aliphatic carbocycles. The van der Waals surface area contributed by atoms with Crippen molar-refractivity contribution in [1.29, 1.82) is 0 Å². The predicted octanol–water partition coefficient (Wildman–Crippen LogP) is 1.40. The number of halogens is 1. The first kappa shape index (κ1) is 14.0. The van der Waals surface area contributed by atoms with Gasteiger partial charge in [0, 0.05) is 24.1 Å². The number of nitrogens with one attached hydrogen (secondary N) is 1. The molecular weight excluding hydrogens is 249 g/mol. The lowest BCUT2D eigenvalue weighted by Crippen LogP contribution is -2.46. The smallest absolute Gasteiger partial charge is 0.325 e. The van der Waals surface area contributed by atoms with E-state index in [2.05, 4.69) is 5.32 Å². The zero-order valence-electron chi connectivity index (χ0n) is 11.0. The molecule has 1 fully saturated rings. The number of benzene rings is 1. The Morgan fingerprint density at radius 3 is 2.84 bits per heavy atom. The van der Waals surface area contributed by atoms with Gasteiger partial charge in [-0.2, -0.15) is 0 Å². The van der Waals surface area contributed by atoms with Gasteiger partial charge in [-0.3, -0.25) is 10.1 Å². The minimum Gasteiger partial charge on any atom is -0.468 e. The second-order valence-electron chi connectivity index (χ2n) is 5.11. The van der Waals surface area contributed by atoms with Crippen molar-refractivity contribution in [1.82, 2.24) is 5.32 Å². The first-order chi connectivity index (χ1) is 9.01. The Balaban J connectivity index is 2.31. The van der Waals surface area contributed by atoms with Gasteiger partial charge < -0.3 is 9.84 Å². The highest BCUT2D eigenvalue weighted by molar-refractivity contribution is 5.80. The lowest BCUT2D eigenvalue weighted by atomic mass is 9.90. The Labute approximate surface area is 111 Å². The monoisotopic (exact) mass is 267 g/mol. The number of hydrogen-bond donors (Lipinski definition) is 2. The summed E-state index contributed by atoms with van der Waals surface area (Å²) in [5.41, 5.74) is -0.427. The summed E-state index contributed by atoms with van der Waals surface area (Å²) in [4.78, 5) is 11.8. The van der Waals surface area contributed by atoms with Gasteiger partial charge in [-0.05, 0) is 19.4 Å². The molecule has 3 atom stereocenters. The van der Waals surface area contributed by atoms with Gasteiger partial charge in [-0.1, -0.05) is 18.2 Å². The van der Waals surface area contributed by atoms with E-state index < -0.39 is 17.6 Å². The zero-order chi connectivity index (χ0) is 14.0. The van der Waals surface area contributed by atoms with Gasteiger partial charge >= 0.3 is 5.97 Å². The Hall–Kier alpha value is -1.46. The van der Waals surface area contributed by atoms with E-state index in [1.807, 2.05) is 0 Å². The second kappa shape index (κ2) is 5.27. The maximum absolute atomic E-state index is 13.8. The van der Waals surface area contributed by atoms with Crippen molar-refractivity contribution in [3.63, 3.8) is 0 Å². The van der Waals surface area contributed by atoms with Crippen LogP contribution in [0.3, 0.4) is 0 Å². The average molecular weight is 267 g/mol. The molecule has 0 bridgehead atoms. The van der Waals surface area contributed by atoms with Crippen molar-refractivity contribution < 1.29 is 19.0 Å². The Morgan fingerprint density at radius 2 is 2.26 bits per heavy atom. The lowest BCUT2D eigenvalue weighted by Gasteiger charge is -2.23. The third-order valence-electron chi connectivity index (χ3n) is 3.73. The molecule has 0 spiro atoms. The van der Waals surface area contributed by atoms with Crippen LogP contribution in [0.1, 0.15) is 24.9 Å². The summed E-state index contributed by atoms with van der Waals surface area (Å²) in [6.07, 6.45) is 0.412. The number of rotatable bonds is 3. The minimum atomic E-state index is -0.894. The minimum absolute atomic E-state index is 0.113. The molecule has 1 aromatic rings. The van der Waals surface area contributed by atoms with Crippen molar-refractivity contribution in [2.75, 3.05) is 13.7 Å². The molecule has 104 valence electrons. The molecule has 1 heterocycles. The Bertz CT molecular complexity index is 480. The highest BCUT2D eigenvalue weighted by Crippen LogP contribution is 2.39. The van der Waals surface area contributed by atoms with Crippen LogP contribution in [0.25, 0.3) is 0 Å². The summed E-state index contributed by atoms with van der Waals surface area (Å²) in [5.74, 6) is -0.960. The van der Waals surface area contributed by atoms with Gasteiger partial charge in [-0.25, -0.2) is 4.39 Å². The van der Waals surface area contributed by atoms with E-state index in [1.165, 1.54) is 13.2 Å². The third-order valence-corrected chi connectivity index (χ3v) is 3.73. The predicted molar refractivity (Wildman–Crippen MR) is 67.9 cm³/mol. The van der Waals surface area contributed by atoms with Crippen molar-refractivity contribution in [2.24, 2.45) is 5.92 Å². The van der Waals surface area contributed by atoms with Crippen molar-refractivity contribution in [2.45, 2.75) is 24.9 Å². The molecule has 0 saturated carbocycles. The van der Waals surface area contributed by atoms with Gasteiger partial charge in [0.2, 0.25) is 0 Å². The maximum Gasteiger partial charge on any atom is 0.325 e. The zero-order valence-corrected chi connectivity index (χ0v) is 11.0. The molecule has 1 saturated heterocycles. The number of aliphatic hydroxyl groups excluding tert-OH is 1. The molecule has 0 unspecified atom stereocenters. The number of carbonyl (C=O) groups excluding carboxylic acids is 1. The van der Waals surface area contributed by atoms with Crippen LogP contribution >= 0.6 is 0 Å². The Kier molecular flexibility index (Phi) is 3.87. The van der Waals surface area contributed by atoms with E-state index in [4.69, 9.17) is 4.74 Å². The molecular formula is C14H18FNO3. The number of ether oxygens (including phenoxy) is 1. The van der Waals surface area contributed by atoms with Gasteiger partial charge in [0.05, 0.1) is 7.11 Å². The van der Waals surface area contributed by atoms with E-state index in [9.17, 15) is 14.3 Å². The molecule has 1 aliphatic rings. The molecule has 4 nitrogen and oxygen atoms in total. The number of methoxy groups -OCH3 is 1. The van der Waals surface area contributed by atoms with Crippen molar-refractivity contribution >= 4 is 5.97 Å². The standard InChI is InChI=1S/C14H18FNO3/c1-14(13(18)19-2)7-9(8-17)12(16-14)10-5-3-4-6-11(10)15/h3-6,9,12,16-17H,7-8H2,1-2H3/t9-,12+,14-/m1/s1. The summed E-state index contributed by atoms with van der Waals surface area (Å²) < 4.78 is 18.6. The summed E-state index contributed by atoms with van der Waals surface area (Å²) in [6.45, 7) is 1.60. The van der Waals surface area contributed by atoms with E-state index in [0.29, 0.717) is 12.0 Å². The van der Waals surface area contributed by atoms with Gasteiger partial charge in [-0.15, -0.1) is 0 Å². The van der Waals surface area contributed by atoms with Crippen LogP contribution in [0.15, 0.2) is 24.3 Å². The second-order valence-corrected chi connectivity index (χ2v) is 5.11. The fourth-order valence-corrected chi connectivity index (χ4v) is 2.76. The molecule has 2 rings (SSSR count). The fourth-order valence-electron chi connectivity index (χ4n) is 2.76. The SMILES string of the molecule is COC(=O)[C@@]1(C)C[C@H](CO)[C@@H](c2ccccc2F)N1. The molecule has 2 N–H and O–H groups in total. The summed E-state index contributed by atoms with van der Waals surface area (Å²) >= 11 is 0. The summed E-state index contributed by atoms with van der Waals surface area (Å²) in [6, 6.07) is 6.00. The third kappa shape index (κ3) is 2.48. The van der Waals surface area contributed by atoms with Crippen LogP contribution in [0.2, 0.25) is 0 Å². The van der Waals surface area contributed by atoms with E-state index in [-0.39, 0.29) is 18.3 Å². The van der Waals surface area contributed by atoms with Gasteiger partial charge in [0.15, 0.2) is 0 Å². The normalized spacial score (nSPS) is 30.3. The summed E-state index contributed by atoms with van der Waals surface area (Å²) in [5, 5.41) is 12.6. The largest absolute Gasteiger partial charge is 0.468 e. The number of esters is 1. The van der Waals surface area contributed by atoms with Crippen molar-refractivity contribution in [3.05, 3.63) is 35.6 Å². The molecule has 1 aliphatic heterocycles. The fraction of sp³-hybridized carbons (Fsp3) is 0.500. The lowest BCUT2D eigenvalue weighted by molar-refractivity contribution is -0.147. The first-order valence-electron chi connectivity index (χ1n) is 6.23. The van der Waals surface area contributed by atoms with Crippen LogP contribution in [0.4, 0.5) is 4.39 Å². The first-order valence-corrected chi connectivity index (χ1v) is 6.23. The van der Waals surface area contributed by atoms with E-state index in [0.717, 1.165) is 0 Å². The topological polar surface area (TPSA) is 58.6 Å². The number of aliphatic hydroxyl groups is 1. The number of carbonyl (C=O) groups is 1. The maximum atomic E-state index is 13.8. The van der Waals surface area contributed by atoms with Gasteiger partial charge in [0.1, 0.15) is 11.4 Å². The highest BCUT2D eigenvalue weighted by atomic mass is 19.1. The van der Waals surface area contributed by atoms with Crippen LogP contribution in [0.5, 0.6) is 0 Å².